The van der Waals surface area contributed by atoms with Gasteiger partial charge in [-0.15, -0.1) is 0 Å². The van der Waals surface area contributed by atoms with Crippen molar-refractivity contribution in [3.8, 4) is 11.8 Å². The molecule has 41 heavy (non-hydrogen) atoms. The lowest BCUT2D eigenvalue weighted by Gasteiger charge is -2.27. The normalized spacial score (nSPS) is 12.0. The first-order valence-electron chi connectivity index (χ1n) is 13.5. The van der Waals surface area contributed by atoms with Crippen molar-refractivity contribution in [1.82, 2.24) is 0 Å². The Hall–Kier alpha value is -4.09. The van der Waals surface area contributed by atoms with Crippen LogP contribution in [0.5, 0.6) is 0 Å². The number of para-hydroxylation sites is 1. The number of nitrogens with zero attached hydrogens (tertiary/aromatic N) is 1. The number of benzene rings is 3. The summed E-state index contributed by atoms with van der Waals surface area (Å²) in [5.74, 6) is 5.35. The number of ether oxygens (including phenoxy) is 2. The molecule has 3 rings (SSSR count). The van der Waals surface area contributed by atoms with Crippen LogP contribution >= 0.6 is 0 Å². The van der Waals surface area contributed by atoms with Crippen molar-refractivity contribution >= 4 is 27.8 Å². The smallest absolute Gasteiger partial charge is 0.429 e. The zero-order chi connectivity index (χ0) is 30.0. The number of rotatable bonds is 9. The lowest BCUT2D eigenvalue weighted by atomic mass is 9.96. The van der Waals surface area contributed by atoms with Crippen LogP contribution in [0.15, 0.2) is 83.8 Å². The number of anilines is 1. The summed E-state index contributed by atoms with van der Waals surface area (Å²) >= 11 is 0. The second kappa shape index (κ2) is 14.0. The number of hydrogen-bond acceptors (Lipinski definition) is 6. The summed E-state index contributed by atoms with van der Waals surface area (Å²) in [6, 6.07) is 22.4. The molecule has 0 aromatic heterocycles. The molecule has 0 aliphatic carbocycles. The molecule has 0 heterocycles. The van der Waals surface area contributed by atoms with Gasteiger partial charge in [-0.1, -0.05) is 61.2 Å². The molecule has 1 unspecified atom stereocenters. The van der Waals surface area contributed by atoms with Crippen LogP contribution in [0.25, 0.3) is 0 Å². The van der Waals surface area contributed by atoms with Crippen molar-refractivity contribution in [3.63, 3.8) is 0 Å². The number of aryl methyl sites for hydroxylation is 2. The van der Waals surface area contributed by atoms with Crippen LogP contribution in [0.4, 0.5) is 10.5 Å². The molecule has 7 nitrogen and oxygen atoms in total. The van der Waals surface area contributed by atoms with E-state index in [1.54, 1.807) is 51.1 Å². The van der Waals surface area contributed by atoms with Gasteiger partial charge in [-0.2, -0.15) is 4.31 Å². The monoisotopic (exact) mass is 575 g/mol. The minimum atomic E-state index is -4.28. The number of carbonyl (C=O) groups is 2. The van der Waals surface area contributed by atoms with Crippen molar-refractivity contribution in [2.45, 2.75) is 63.9 Å². The van der Waals surface area contributed by atoms with Gasteiger partial charge in [-0.25, -0.2) is 13.2 Å². The van der Waals surface area contributed by atoms with Crippen LogP contribution in [0.1, 0.15) is 57.2 Å². The molecule has 0 saturated heterocycles. The first-order chi connectivity index (χ1) is 19.4. The Balaban J connectivity index is 1.75. The second-order valence-corrected chi connectivity index (χ2v) is 12.3. The van der Waals surface area contributed by atoms with E-state index >= 15 is 0 Å². The number of amides is 1. The Bertz CT molecular complexity index is 1480. The zero-order valence-electron chi connectivity index (χ0n) is 24.2. The summed E-state index contributed by atoms with van der Waals surface area (Å²) in [4.78, 5) is 25.2. The highest BCUT2D eigenvalue weighted by molar-refractivity contribution is 7.93. The van der Waals surface area contributed by atoms with E-state index in [1.165, 1.54) is 36.9 Å². The van der Waals surface area contributed by atoms with E-state index in [9.17, 15) is 18.0 Å². The maximum Gasteiger partial charge on any atom is 0.429 e. The lowest BCUT2D eigenvalue weighted by Crippen LogP contribution is -2.41. The van der Waals surface area contributed by atoms with Gasteiger partial charge in [0.25, 0.3) is 10.0 Å². The average Bonchev–Trinajstić information content (AvgIpc) is 2.94. The largest absolute Gasteiger partial charge is 0.469 e. The van der Waals surface area contributed by atoms with Gasteiger partial charge < -0.3 is 9.47 Å². The first-order valence-corrected chi connectivity index (χ1v) is 15.0. The SMILES string of the molecule is CCc1ccc(CCC(CC#Cc2ccc(S(=O)(=O)N(C(=O)OC(C)(C)C)c3ccccc3)cc2)C(=O)OC)cc1. The zero-order valence-corrected chi connectivity index (χ0v) is 25.0. The predicted octanol–water partition coefficient (Wildman–Crippen LogP) is 6.54. The lowest BCUT2D eigenvalue weighted by molar-refractivity contribution is -0.145. The van der Waals surface area contributed by atoms with E-state index in [1.807, 2.05) is 0 Å². The van der Waals surface area contributed by atoms with Crippen LogP contribution < -0.4 is 4.31 Å². The molecule has 8 heteroatoms. The molecule has 0 radical (unpaired) electrons. The molecule has 1 atom stereocenters. The number of hydrogen-bond donors (Lipinski definition) is 0. The van der Waals surface area contributed by atoms with Gasteiger partial charge in [0, 0.05) is 12.0 Å². The van der Waals surface area contributed by atoms with Gasteiger partial charge in [0.2, 0.25) is 0 Å². The summed E-state index contributed by atoms with van der Waals surface area (Å²) in [5, 5.41) is 0. The van der Waals surface area contributed by atoms with Crippen molar-refractivity contribution in [2.24, 2.45) is 5.92 Å². The summed E-state index contributed by atoms with van der Waals surface area (Å²) in [7, 11) is -2.91. The highest BCUT2D eigenvalue weighted by Gasteiger charge is 2.34. The van der Waals surface area contributed by atoms with Gasteiger partial charge >= 0.3 is 12.1 Å². The van der Waals surface area contributed by atoms with Crippen molar-refractivity contribution in [2.75, 3.05) is 11.4 Å². The average molecular weight is 576 g/mol. The third-order valence-corrected chi connectivity index (χ3v) is 7.98. The molecule has 3 aromatic carbocycles. The maximum atomic E-state index is 13.5. The van der Waals surface area contributed by atoms with Gasteiger partial charge in [-0.05, 0) is 87.6 Å². The minimum absolute atomic E-state index is 0.0840. The fourth-order valence-corrected chi connectivity index (χ4v) is 5.38. The quantitative estimate of drug-likeness (QED) is 0.213. The fourth-order valence-electron chi connectivity index (χ4n) is 4.05. The number of sulfonamides is 1. The molecule has 0 saturated carbocycles. The molecule has 1 amide bonds. The summed E-state index contributed by atoms with van der Waals surface area (Å²) < 4.78 is 38.1. The number of esters is 1. The van der Waals surface area contributed by atoms with Gasteiger partial charge in [0.15, 0.2) is 0 Å². The molecule has 216 valence electrons. The maximum absolute atomic E-state index is 13.5. The standard InChI is InChI=1S/C33H37NO6S/c1-6-25-15-17-27(18-16-25)19-22-28(31(35)39-5)12-10-11-26-20-23-30(24-21-26)41(37,38)34(29-13-8-7-9-14-29)32(36)40-33(2,3)4/h7-9,13-18,20-21,23-24,28H,6,12,19,22H2,1-5H3. The van der Waals surface area contributed by atoms with Gasteiger partial charge in [0.05, 0.1) is 23.6 Å². The second-order valence-electron chi connectivity index (χ2n) is 10.5. The fraction of sp³-hybridized carbons (Fsp3) is 0.333. The van der Waals surface area contributed by atoms with Gasteiger partial charge in [0.1, 0.15) is 5.60 Å². The van der Waals surface area contributed by atoms with Crippen molar-refractivity contribution in [1.29, 1.82) is 0 Å². The minimum Gasteiger partial charge on any atom is -0.469 e. The van der Waals surface area contributed by atoms with Crippen molar-refractivity contribution in [3.05, 3.63) is 95.6 Å². The first kappa shape index (κ1) is 31.4. The van der Waals surface area contributed by atoms with Gasteiger partial charge in [-0.3, -0.25) is 4.79 Å². The predicted molar refractivity (Wildman–Crippen MR) is 160 cm³/mol. The Morgan fingerprint density at radius 2 is 1.51 bits per heavy atom. The van der Waals surface area contributed by atoms with Crippen molar-refractivity contribution < 1.29 is 27.5 Å². The summed E-state index contributed by atoms with van der Waals surface area (Å²) in [5.41, 5.74) is 2.27. The number of carbonyl (C=O) groups excluding carboxylic acids is 2. The molecular weight excluding hydrogens is 538 g/mol. The van der Waals surface area contributed by atoms with Crippen LogP contribution in [0, 0.1) is 17.8 Å². The topological polar surface area (TPSA) is 90.0 Å². The van der Waals surface area contributed by atoms with E-state index in [-0.39, 0.29) is 22.5 Å². The highest BCUT2D eigenvalue weighted by atomic mass is 32.2. The molecule has 0 fully saturated rings. The molecule has 0 bridgehead atoms. The molecule has 0 aliphatic heterocycles. The Morgan fingerprint density at radius 3 is 2.07 bits per heavy atom. The van der Waals surface area contributed by atoms with E-state index in [0.717, 1.165) is 18.4 Å². The highest BCUT2D eigenvalue weighted by Crippen LogP contribution is 2.26. The molecule has 0 aliphatic rings. The third kappa shape index (κ3) is 8.95. The molecular formula is C33H37NO6S. The molecule has 0 N–H and O–H groups in total. The van der Waals surface area contributed by atoms with Crippen LogP contribution in [-0.4, -0.2) is 33.2 Å². The van der Waals surface area contributed by atoms with E-state index in [4.69, 9.17) is 9.47 Å². The Labute approximate surface area is 243 Å². The Kier molecular flexibility index (Phi) is 10.7. The van der Waals surface area contributed by atoms with Crippen LogP contribution in [0.2, 0.25) is 0 Å². The molecule has 0 spiro atoms. The molecule has 3 aromatic rings. The summed E-state index contributed by atoms with van der Waals surface area (Å²) in [6.45, 7) is 7.12. The summed E-state index contributed by atoms with van der Waals surface area (Å²) in [6.07, 6.45) is 1.61. The third-order valence-electron chi connectivity index (χ3n) is 6.27. The van der Waals surface area contributed by atoms with E-state index in [0.29, 0.717) is 22.7 Å². The van der Waals surface area contributed by atoms with E-state index in [2.05, 4.69) is 43.0 Å². The number of methoxy groups -OCH3 is 1. The Morgan fingerprint density at radius 1 is 0.902 bits per heavy atom. The van der Waals surface area contributed by atoms with Crippen LogP contribution in [0.3, 0.4) is 0 Å². The van der Waals surface area contributed by atoms with Crippen LogP contribution in [-0.2, 0) is 37.1 Å². The van der Waals surface area contributed by atoms with E-state index < -0.39 is 21.7 Å².